The molecule has 2 aliphatic heterocycles. The second-order valence-electron chi connectivity index (χ2n) is 6.05. The maximum atomic E-state index is 12.4. The van der Waals surface area contributed by atoms with Crippen LogP contribution in [0.25, 0.3) is 0 Å². The Morgan fingerprint density at radius 3 is 2.41 bits per heavy atom. The van der Waals surface area contributed by atoms with Gasteiger partial charge in [0.2, 0.25) is 5.91 Å². The summed E-state index contributed by atoms with van der Waals surface area (Å²) in [5.74, 6) is 0.0362. The molecule has 1 unspecified atom stereocenters. The minimum absolute atomic E-state index is 0. The fourth-order valence-corrected chi connectivity index (χ4v) is 3.10. The summed E-state index contributed by atoms with van der Waals surface area (Å²) in [6, 6.07) is 0.119. The van der Waals surface area contributed by atoms with Gasteiger partial charge in [0.1, 0.15) is 0 Å². The van der Waals surface area contributed by atoms with E-state index in [2.05, 4.69) is 5.32 Å². The highest BCUT2D eigenvalue weighted by Gasteiger charge is 2.31. The van der Waals surface area contributed by atoms with Gasteiger partial charge in [-0.25, -0.2) is 4.79 Å². The molecule has 3 amide bonds. The van der Waals surface area contributed by atoms with Gasteiger partial charge in [0.15, 0.2) is 0 Å². The molecule has 0 aromatic carbocycles. The van der Waals surface area contributed by atoms with Crippen LogP contribution in [0.5, 0.6) is 0 Å². The van der Waals surface area contributed by atoms with Gasteiger partial charge < -0.3 is 20.9 Å². The Hall–Kier alpha value is -1.01. The van der Waals surface area contributed by atoms with E-state index in [1.54, 1.807) is 0 Å². The molecule has 0 bridgehead atoms. The molecule has 2 aliphatic rings. The number of hydrogen-bond acceptors (Lipinski definition) is 3. The monoisotopic (exact) mass is 332 g/mol. The first kappa shape index (κ1) is 19.0. The molecule has 7 heteroatoms. The SMILES string of the molecule is Cl.NCCCCNC(=O)C1CCCN(C(=O)N2CCCC2)C1. The topological polar surface area (TPSA) is 78.7 Å². The molecule has 0 aliphatic carbocycles. The number of piperidine rings is 1. The number of carbonyl (C=O) groups excluding carboxylic acids is 2. The second-order valence-corrected chi connectivity index (χ2v) is 6.05. The maximum absolute atomic E-state index is 12.4. The third kappa shape index (κ3) is 5.32. The maximum Gasteiger partial charge on any atom is 0.320 e. The van der Waals surface area contributed by atoms with Crippen molar-refractivity contribution in [3.63, 3.8) is 0 Å². The predicted octanol–water partition coefficient (Wildman–Crippen LogP) is 1.19. The summed E-state index contributed by atoms with van der Waals surface area (Å²) in [5.41, 5.74) is 5.44. The van der Waals surface area contributed by atoms with Crippen LogP contribution in [0.3, 0.4) is 0 Å². The highest BCUT2D eigenvalue weighted by Crippen LogP contribution is 2.19. The Bertz CT molecular complexity index is 361. The van der Waals surface area contributed by atoms with Crippen molar-refractivity contribution < 1.29 is 9.59 Å². The third-order valence-corrected chi connectivity index (χ3v) is 4.37. The number of nitrogens with zero attached hydrogens (tertiary/aromatic N) is 2. The van der Waals surface area contributed by atoms with Crippen molar-refractivity contribution in [2.45, 2.75) is 38.5 Å². The molecule has 2 fully saturated rings. The zero-order valence-corrected chi connectivity index (χ0v) is 14.1. The van der Waals surface area contributed by atoms with Gasteiger partial charge in [-0.15, -0.1) is 12.4 Å². The molecule has 0 spiro atoms. The fourth-order valence-electron chi connectivity index (χ4n) is 3.10. The molecule has 0 radical (unpaired) electrons. The first-order valence-electron chi connectivity index (χ1n) is 8.24. The normalized spacial score (nSPS) is 21.4. The second kappa shape index (κ2) is 9.90. The standard InChI is InChI=1S/C15H28N4O2.ClH/c16-7-1-2-8-17-14(20)13-6-5-11-19(12-13)15(21)18-9-3-4-10-18;/h13H,1-12,16H2,(H,17,20);1H. The number of likely N-dealkylation sites (tertiary alicyclic amines) is 2. The van der Waals surface area contributed by atoms with Crippen LogP contribution in [0.1, 0.15) is 38.5 Å². The number of nitrogens with two attached hydrogens (primary N) is 1. The van der Waals surface area contributed by atoms with Gasteiger partial charge in [-0.3, -0.25) is 4.79 Å². The predicted molar refractivity (Wildman–Crippen MR) is 89.0 cm³/mol. The average molecular weight is 333 g/mol. The molecule has 0 aromatic heterocycles. The molecule has 22 heavy (non-hydrogen) atoms. The smallest absolute Gasteiger partial charge is 0.320 e. The van der Waals surface area contributed by atoms with Crippen LogP contribution in [0.2, 0.25) is 0 Å². The highest BCUT2D eigenvalue weighted by atomic mass is 35.5. The molecular formula is C15H29ClN4O2. The molecule has 0 saturated carbocycles. The quantitative estimate of drug-likeness (QED) is 0.742. The van der Waals surface area contributed by atoms with Crippen LogP contribution in [-0.4, -0.2) is 61.0 Å². The highest BCUT2D eigenvalue weighted by molar-refractivity contribution is 5.85. The van der Waals surface area contributed by atoms with Crippen LogP contribution < -0.4 is 11.1 Å². The van der Waals surface area contributed by atoms with Crippen LogP contribution in [0, 0.1) is 5.92 Å². The van der Waals surface area contributed by atoms with E-state index in [-0.39, 0.29) is 30.3 Å². The zero-order valence-electron chi connectivity index (χ0n) is 13.3. The number of nitrogens with one attached hydrogen (secondary N) is 1. The van der Waals surface area contributed by atoms with E-state index in [0.717, 1.165) is 58.2 Å². The number of rotatable bonds is 5. The lowest BCUT2D eigenvalue weighted by Crippen LogP contribution is -2.49. The number of unbranched alkanes of at least 4 members (excludes halogenated alkanes) is 1. The molecule has 2 rings (SSSR count). The van der Waals surface area contributed by atoms with E-state index in [0.29, 0.717) is 19.6 Å². The fraction of sp³-hybridized carbons (Fsp3) is 0.867. The van der Waals surface area contributed by atoms with Gasteiger partial charge in [0.25, 0.3) is 0 Å². The number of halogens is 1. The van der Waals surface area contributed by atoms with Gasteiger partial charge in [-0.05, 0) is 45.1 Å². The summed E-state index contributed by atoms with van der Waals surface area (Å²) in [4.78, 5) is 28.3. The number of urea groups is 1. The summed E-state index contributed by atoms with van der Waals surface area (Å²) in [6.45, 7) is 4.44. The van der Waals surface area contributed by atoms with Crippen LogP contribution in [0.4, 0.5) is 4.79 Å². The van der Waals surface area contributed by atoms with Gasteiger partial charge in [-0.2, -0.15) is 0 Å². The van der Waals surface area contributed by atoms with Gasteiger partial charge in [0, 0.05) is 32.7 Å². The first-order chi connectivity index (χ1) is 10.2. The molecule has 2 heterocycles. The molecule has 1 atom stereocenters. The van der Waals surface area contributed by atoms with Crippen LogP contribution in [-0.2, 0) is 4.79 Å². The molecule has 2 saturated heterocycles. The Balaban J connectivity index is 0.00000242. The lowest BCUT2D eigenvalue weighted by Gasteiger charge is -2.34. The molecular weight excluding hydrogens is 304 g/mol. The van der Waals surface area contributed by atoms with E-state index in [9.17, 15) is 9.59 Å². The summed E-state index contributed by atoms with van der Waals surface area (Å²) in [5, 5.41) is 2.97. The molecule has 3 N–H and O–H groups in total. The largest absolute Gasteiger partial charge is 0.356 e. The average Bonchev–Trinajstić information content (AvgIpc) is 3.05. The summed E-state index contributed by atoms with van der Waals surface area (Å²) >= 11 is 0. The number of hydrogen-bond donors (Lipinski definition) is 2. The summed E-state index contributed by atoms with van der Waals surface area (Å²) in [7, 11) is 0. The Morgan fingerprint density at radius 2 is 1.73 bits per heavy atom. The third-order valence-electron chi connectivity index (χ3n) is 4.37. The lowest BCUT2D eigenvalue weighted by molar-refractivity contribution is -0.126. The van der Waals surface area contributed by atoms with E-state index >= 15 is 0 Å². The van der Waals surface area contributed by atoms with Crippen molar-refractivity contribution >= 4 is 24.3 Å². The number of amides is 3. The number of carbonyl (C=O) groups is 2. The lowest BCUT2D eigenvalue weighted by atomic mass is 9.97. The molecule has 128 valence electrons. The van der Waals surface area contributed by atoms with Crippen molar-refractivity contribution in [2.24, 2.45) is 11.7 Å². The zero-order chi connectivity index (χ0) is 15.1. The van der Waals surface area contributed by atoms with Crippen molar-refractivity contribution in [3.05, 3.63) is 0 Å². The summed E-state index contributed by atoms with van der Waals surface area (Å²) < 4.78 is 0. The van der Waals surface area contributed by atoms with E-state index in [4.69, 9.17) is 5.73 Å². The first-order valence-corrected chi connectivity index (χ1v) is 8.24. The Kier molecular flexibility index (Phi) is 8.56. The minimum atomic E-state index is -0.0526. The minimum Gasteiger partial charge on any atom is -0.356 e. The Morgan fingerprint density at radius 1 is 1.05 bits per heavy atom. The van der Waals surface area contributed by atoms with Crippen LogP contribution >= 0.6 is 12.4 Å². The van der Waals surface area contributed by atoms with Crippen molar-refractivity contribution in [2.75, 3.05) is 39.3 Å². The van der Waals surface area contributed by atoms with Crippen LogP contribution in [0.15, 0.2) is 0 Å². The van der Waals surface area contributed by atoms with Gasteiger partial charge >= 0.3 is 6.03 Å². The van der Waals surface area contributed by atoms with Crippen molar-refractivity contribution in [1.29, 1.82) is 0 Å². The van der Waals surface area contributed by atoms with E-state index in [1.807, 2.05) is 9.80 Å². The molecule has 0 aromatic rings. The Labute approximate surface area is 139 Å². The van der Waals surface area contributed by atoms with Crippen molar-refractivity contribution in [3.8, 4) is 0 Å². The molecule has 6 nitrogen and oxygen atoms in total. The van der Waals surface area contributed by atoms with E-state index < -0.39 is 0 Å². The van der Waals surface area contributed by atoms with Crippen molar-refractivity contribution in [1.82, 2.24) is 15.1 Å². The van der Waals surface area contributed by atoms with Gasteiger partial charge in [0.05, 0.1) is 5.92 Å². The summed E-state index contributed by atoms with van der Waals surface area (Å²) in [6.07, 6.45) is 5.86. The van der Waals surface area contributed by atoms with E-state index in [1.165, 1.54) is 0 Å². The van der Waals surface area contributed by atoms with Gasteiger partial charge in [-0.1, -0.05) is 0 Å².